The summed E-state index contributed by atoms with van der Waals surface area (Å²) in [5.41, 5.74) is 3.74. The first-order chi connectivity index (χ1) is 26.2. The van der Waals surface area contributed by atoms with E-state index < -0.39 is 47.4 Å². The Bertz CT molecular complexity index is 1980. The highest BCUT2D eigenvalue weighted by Crippen LogP contribution is 2.41. The van der Waals surface area contributed by atoms with Gasteiger partial charge in [0.15, 0.2) is 0 Å². The molecule has 3 amide bonds. The lowest BCUT2D eigenvalue weighted by Crippen LogP contribution is -2.60. The fourth-order valence-electron chi connectivity index (χ4n) is 7.34. The second kappa shape index (κ2) is 17.0. The zero-order valence-corrected chi connectivity index (χ0v) is 31.4. The van der Waals surface area contributed by atoms with Gasteiger partial charge in [-0.2, -0.15) is 11.8 Å². The largest absolute Gasteiger partial charge is 0.480 e. The van der Waals surface area contributed by atoms with E-state index in [1.165, 1.54) is 22.9 Å². The van der Waals surface area contributed by atoms with Crippen molar-refractivity contribution in [3.63, 3.8) is 0 Å². The lowest BCUT2D eigenvalue weighted by molar-refractivity contribution is -0.146. The number of carboxylic acids is 1. The van der Waals surface area contributed by atoms with Gasteiger partial charge in [-0.05, 0) is 52.2 Å². The molecule has 0 fully saturated rings. The van der Waals surface area contributed by atoms with E-state index in [0.717, 1.165) is 27.8 Å². The van der Waals surface area contributed by atoms with Crippen molar-refractivity contribution in [3.05, 3.63) is 161 Å². The molecule has 54 heavy (non-hydrogen) atoms. The Labute approximate surface area is 320 Å². The van der Waals surface area contributed by atoms with Gasteiger partial charge in [0, 0.05) is 13.0 Å². The third kappa shape index (κ3) is 7.68. The first kappa shape index (κ1) is 38.1. The van der Waals surface area contributed by atoms with Crippen LogP contribution >= 0.6 is 11.8 Å². The average molecular weight is 744 g/mol. The van der Waals surface area contributed by atoms with Crippen LogP contribution in [-0.2, 0) is 32.9 Å². The number of aromatic nitrogens is 2. The van der Waals surface area contributed by atoms with Gasteiger partial charge in [-0.15, -0.1) is 0 Å². The van der Waals surface area contributed by atoms with Crippen LogP contribution in [-0.4, -0.2) is 73.4 Å². The van der Waals surface area contributed by atoms with Crippen LogP contribution in [0.2, 0.25) is 0 Å². The molecule has 10 nitrogen and oxygen atoms in total. The van der Waals surface area contributed by atoms with Crippen molar-refractivity contribution in [2.24, 2.45) is 5.92 Å². The standard InChI is InChI=1S/C43H45N5O5S/c1-29(2)38(41(51)47-27-31-16-14-13-15-30(31)25-36(47)39(49)45-35(42(52)53)23-24-54-3)46-40(50)37-26-44-28-48(37)43(32-17-7-4-8-18-32,33-19-9-5-10-20-33)34-21-11-6-12-22-34/h4-22,26,28-29,35-36,38H,23-25,27H2,1-3H3,(H,45,49)(H,46,50)(H,52,53)/t35-,36+,38-/m0/s1. The quantitative estimate of drug-likeness (QED) is 0.123. The fourth-order valence-corrected chi connectivity index (χ4v) is 7.81. The summed E-state index contributed by atoms with van der Waals surface area (Å²) in [6.45, 7) is 3.82. The Kier molecular flexibility index (Phi) is 12.0. The first-order valence-corrected chi connectivity index (χ1v) is 19.5. The maximum absolute atomic E-state index is 14.7. The van der Waals surface area contributed by atoms with E-state index in [1.807, 2.05) is 140 Å². The Hall–Kier alpha value is -5.68. The Morgan fingerprint density at radius 3 is 1.87 bits per heavy atom. The Morgan fingerprint density at radius 2 is 1.35 bits per heavy atom. The zero-order chi connectivity index (χ0) is 38.2. The lowest BCUT2D eigenvalue weighted by atomic mass is 9.76. The summed E-state index contributed by atoms with van der Waals surface area (Å²) < 4.78 is 1.86. The van der Waals surface area contributed by atoms with Gasteiger partial charge in [-0.1, -0.05) is 129 Å². The fraction of sp³-hybridized carbons (Fsp3) is 0.279. The van der Waals surface area contributed by atoms with Crippen LogP contribution in [0.4, 0.5) is 0 Å². The van der Waals surface area contributed by atoms with Gasteiger partial charge in [0.2, 0.25) is 11.8 Å². The number of carboxylic acid groups (broad SMARTS) is 1. The molecular weight excluding hydrogens is 699 g/mol. The summed E-state index contributed by atoms with van der Waals surface area (Å²) in [5.74, 6) is -2.44. The number of hydrogen-bond acceptors (Lipinski definition) is 6. The molecule has 5 aromatic rings. The predicted octanol–water partition coefficient (Wildman–Crippen LogP) is 5.75. The SMILES string of the molecule is CSCC[C@H](NC(=O)[C@H]1Cc2ccccc2CN1C(=O)[C@@H](NC(=O)c1cncn1C(c1ccccc1)(c1ccccc1)c1ccccc1)C(C)C)C(=O)O. The number of hydrogen-bond donors (Lipinski definition) is 3. The molecule has 6 rings (SSSR count). The molecule has 0 saturated heterocycles. The van der Waals surface area contributed by atoms with Gasteiger partial charge in [0.05, 0.1) is 12.5 Å². The van der Waals surface area contributed by atoms with Crippen LogP contribution in [0.15, 0.2) is 128 Å². The van der Waals surface area contributed by atoms with Crippen LogP contribution in [0.25, 0.3) is 0 Å². The van der Waals surface area contributed by atoms with Crippen molar-refractivity contribution < 1.29 is 24.3 Å². The molecule has 0 aliphatic carbocycles. The third-order valence-corrected chi connectivity index (χ3v) is 10.7. The van der Waals surface area contributed by atoms with E-state index >= 15 is 0 Å². The summed E-state index contributed by atoms with van der Waals surface area (Å²) in [6.07, 6.45) is 5.48. The molecule has 1 aromatic heterocycles. The second-order valence-corrected chi connectivity index (χ2v) is 14.8. The van der Waals surface area contributed by atoms with Crippen molar-refractivity contribution in [2.75, 3.05) is 12.0 Å². The summed E-state index contributed by atoms with van der Waals surface area (Å²) in [4.78, 5) is 61.3. The smallest absolute Gasteiger partial charge is 0.326 e. The number of fused-ring (bicyclic) bond motifs is 1. The van der Waals surface area contributed by atoms with Gasteiger partial charge in [0.25, 0.3) is 5.91 Å². The van der Waals surface area contributed by atoms with Crippen molar-refractivity contribution in [2.45, 2.75) is 56.9 Å². The van der Waals surface area contributed by atoms with Crippen molar-refractivity contribution in [3.8, 4) is 0 Å². The average Bonchev–Trinajstić information content (AvgIpc) is 3.69. The van der Waals surface area contributed by atoms with Crippen LogP contribution in [0.5, 0.6) is 0 Å². The van der Waals surface area contributed by atoms with Gasteiger partial charge >= 0.3 is 5.97 Å². The van der Waals surface area contributed by atoms with Gasteiger partial charge in [-0.3, -0.25) is 14.4 Å². The zero-order valence-electron chi connectivity index (χ0n) is 30.6. The van der Waals surface area contributed by atoms with Crippen LogP contribution in [0, 0.1) is 5.92 Å². The molecule has 278 valence electrons. The van der Waals surface area contributed by atoms with Crippen LogP contribution in [0.1, 0.15) is 58.6 Å². The summed E-state index contributed by atoms with van der Waals surface area (Å²) in [6, 6.07) is 34.3. The molecule has 0 saturated carbocycles. The predicted molar refractivity (Wildman–Crippen MR) is 210 cm³/mol. The number of aliphatic carboxylic acids is 1. The van der Waals surface area contributed by atoms with E-state index in [0.29, 0.717) is 5.75 Å². The summed E-state index contributed by atoms with van der Waals surface area (Å²) in [5, 5.41) is 15.6. The lowest BCUT2D eigenvalue weighted by Gasteiger charge is -2.40. The van der Waals surface area contributed by atoms with E-state index in [2.05, 4.69) is 15.6 Å². The Morgan fingerprint density at radius 1 is 0.815 bits per heavy atom. The number of amides is 3. The second-order valence-electron chi connectivity index (χ2n) is 13.8. The number of rotatable bonds is 14. The van der Waals surface area contributed by atoms with Crippen LogP contribution in [0.3, 0.4) is 0 Å². The molecule has 0 spiro atoms. The third-order valence-electron chi connectivity index (χ3n) is 10.1. The minimum atomic E-state index is -1.13. The maximum Gasteiger partial charge on any atom is 0.326 e. The van der Waals surface area contributed by atoms with E-state index in [1.54, 1.807) is 6.33 Å². The topological polar surface area (TPSA) is 134 Å². The molecule has 3 atom stereocenters. The van der Waals surface area contributed by atoms with Crippen LogP contribution < -0.4 is 10.6 Å². The monoisotopic (exact) mass is 743 g/mol. The van der Waals surface area contributed by atoms with Crippen molar-refractivity contribution >= 4 is 35.5 Å². The van der Waals surface area contributed by atoms with Gasteiger partial charge < -0.3 is 25.2 Å². The molecule has 0 radical (unpaired) electrons. The van der Waals surface area contributed by atoms with Gasteiger partial charge in [-0.25, -0.2) is 9.78 Å². The van der Waals surface area contributed by atoms with Crippen molar-refractivity contribution in [1.29, 1.82) is 0 Å². The number of imidazole rings is 1. The molecule has 4 aromatic carbocycles. The maximum atomic E-state index is 14.7. The van der Waals surface area contributed by atoms with E-state index in [9.17, 15) is 24.3 Å². The molecule has 3 N–H and O–H groups in total. The number of carbonyl (C=O) groups is 4. The molecule has 0 unspecified atom stereocenters. The van der Waals surface area contributed by atoms with E-state index in [-0.39, 0.29) is 31.0 Å². The highest BCUT2D eigenvalue weighted by Gasteiger charge is 2.43. The summed E-state index contributed by atoms with van der Waals surface area (Å²) >= 11 is 1.49. The van der Waals surface area contributed by atoms with Gasteiger partial charge in [0.1, 0.15) is 29.4 Å². The minimum absolute atomic E-state index is 0.131. The molecular formula is C43H45N5O5S. The number of nitrogens with one attached hydrogen (secondary N) is 2. The number of thioether (sulfide) groups is 1. The number of nitrogens with zero attached hydrogens (tertiary/aromatic N) is 3. The number of benzene rings is 4. The first-order valence-electron chi connectivity index (χ1n) is 18.1. The van der Waals surface area contributed by atoms with E-state index in [4.69, 9.17) is 0 Å². The molecule has 1 aliphatic heterocycles. The Balaban J connectivity index is 1.37. The number of carbonyl (C=O) groups excluding carboxylic acids is 3. The molecule has 11 heteroatoms. The molecule has 2 heterocycles. The minimum Gasteiger partial charge on any atom is -0.480 e. The van der Waals surface area contributed by atoms with Crippen molar-refractivity contribution in [1.82, 2.24) is 25.1 Å². The summed E-state index contributed by atoms with van der Waals surface area (Å²) in [7, 11) is 0. The highest BCUT2D eigenvalue weighted by molar-refractivity contribution is 7.98. The molecule has 0 bridgehead atoms. The normalized spacial score (nSPS) is 15.2. The highest BCUT2D eigenvalue weighted by atomic mass is 32.2. The molecule has 1 aliphatic rings.